The summed E-state index contributed by atoms with van der Waals surface area (Å²) in [6.45, 7) is 7.49. The van der Waals surface area contributed by atoms with Crippen molar-refractivity contribution >= 4 is 5.97 Å². The van der Waals surface area contributed by atoms with Crippen molar-refractivity contribution in [3.05, 3.63) is 54.1 Å². The molecule has 0 aliphatic rings. The van der Waals surface area contributed by atoms with Crippen molar-refractivity contribution < 1.29 is 14.3 Å². The lowest BCUT2D eigenvalue weighted by Crippen LogP contribution is -2.27. The molecule has 0 atom stereocenters. The number of benzene rings is 2. The molecule has 0 aliphatic carbocycles. The molecule has 0 radical (unpaired) electrons. The molecule has 116 valence electrons. The van der Waals surface area contributed by atoms with Crippen molar-refractivity contribution in [1.29, 1.82) is 0 Å². The Hall–Kier alpha value is -2.29. The van der Waals surface area contributed by atoms with Crippen LogP contribution in [0.2, 0.25) is 0 Å². The molecule has 0 N–H and O–H groups in total. The van der Waals surface area contributed by atoms with Crippen LogP contribution in [0.3, 0.4) is 0 Å². The fourth-order valence-electron chi connectivity index (χ4n) is 2.00. The number of hydrogen-bond donors (Lipinski definition) is 0. The summed E-state index contributed by atoms with van der Waals surface area (Å²) in [5, 5.41) is 0. The van der Waals surface area contributed by atoms with Crippen molar-refractivity contribution in [2.24, 2.45) is 0 Å². The molecular formula is C19H22O3. The highest BCUT2D eigenvalue weighted by molar-refractivity contribution is 5.71. The molecule has 0 aliphatic heterocycles. The van der Waals surface area contributed by atoms with E-state index in [-0.39, 0.29) is 12.6 Å². The second-order valence-electron chi connectivity index (χ2n) is 6.27. The Morgan fingerprint density at radius 3 is 1.91 bits per heavy atom. The van der Waals surface area contributed by atoms with E-state index in [2.05, 4.69) is 31.2 Å². The molecule has 3 heteroatoms. The first-order valence-electron chi connectivity index (χ1n) is 7.35. The summed E-state index contributed by atoms with van der Waals surface area (Å²) in [6, 6.07) is 16.0. The Morgan fingerprint density at radius 2 is 1.41 bits per heavy atom. The summed E-state index contributed by atoms with van der Waals surface area (Å²) in [5.41, 5.74) is 3.02. The van der Waals surface area contributed by atoms with E-state index in [1.54, 1.807) is 0 Å². The number of carbonyl (C=O) groups is 1. The predicted octanol–water partition coefficient (Wildman–Crippen LogP) is 4.38. The number of aryl methyl sites for hydroxylation is 1. The SMILES string of the molecule is Cc1ccc(-c2ccc(OCC(=O)OC(C)(C)C)cc2)cc1. The monoisotopic (exact) mass is 298 g/mol. The molecule has 0 saturated carbocycles. The van der Waals surface area contributed by atoms with Crippen LogP contribution in [-0.4, -0.2) is 18.2 Å². The summed E-state index contributed by atoms with van der Waals surface area (Å²) < 4.78 is 10.6. The van der Waals surface area contributed by atoms with Crippen LogP contribution in [0.4, 0.5) is 0 Å². The second-order valence-corrected chi connectivity index (χ2v) is 6.27. The van der Waals surface area contributed by atoms with Crippen LogP contribution in [0, 0.1) is 6.92 Å². The van der Waals surface area contributed by atoms with E-state index in [0.29, 0.717) is 5.75 Å². The maximum absolute atomic E-state index is 11.6. The van der Waals surface area contributed by atoms with E-state index < -0.39 is 5.60 Å². The number of carbonyl (C=O) groups excluding carboxylic acids is 1. The van der Waals surface area contributed by atoms with E-state index in [1.165, 1.54) is 5.56 Å². The fraction of sp³-hybridized carbons (Fsp3) is 0.316. The molecule has 0 saturated heterocycles. The maximum Gasteiger partial charge on any atom is 0.344 e. The van der Waals surface area contributed by atoms with Gasteiger partial charge >= 0.3 is 5.97 Å². The zero-order valence-electron chi connectivity index (χ0n) is 13.6. The van der Waals surface area contributed by atoms with Crippen molar-refractivity contribution in [3.8, 4) is 16.9 Å². The Bertz CT molecular complexity index is 619. The lowest BCUT2D eigenvalue weighted by atomic mass is 10.0. The van der Waals surface area contributed by atoms with Crippen LogP contribution in [0.25, 0.3) is 11.1 Å². The average Bonchev–Trinajstić information content (AvgIpc) is 2.45. The molecule has 22 heavy (non-hydrogen) atoms. The molecule has 2 rings (SSSR count). The van der Waals surface area contributed by atoms with Gasteiger partial charge in [-0.25, -0.2) is 4.79 Å². The Balaban J connectivity index is 1.95. The summed E-state index contributed by atoms with van der Waals surface area (Å²) in [5.74, 6) is 0.289. The molecule has 0 amide bonds. The first kappa shape index (κ1) is 16.1. The molecule has 2 aromatic rings. The number of rotatable bonds is 4. The average molecular weight is 298 g/mol. The van der Waals surface area contributed by atoms with Gasteiger partial charge in [-0.05, 0) is 51.0 Å². The van der Waals surface area contributed by atoms with Crippen molar-refractivity contribution in [2.75, 3.05) is 6.61 Å². The molecule has 3 nitrogen and oxygen atoms in total. The normalized spacial score (nSPS) is 11.1. The van der Waals surface area contributed by atoms with Gasteiger partial charge in [0.1, 0.15) is 11.4 Å². The van der Waals surface area contributed by atoms with E-state index in [4.69, 9.17) is 9.47 Å². The number of ether oxygens (including phenoxy) is 2. The van der Waals surface area contributed by atoms with E-state index in [9.17, 15) is 4.79 Å². The summed E-state index contributed by atoms with van der Waals surface area (Å²) >= 11 is 0. The van der Waals surface area contributed by atoms with Gasteiger partial charge in [-0.2, -0.15) is 0 Å². The highest BCUT2D eigenvalue weighted by atomic mass is 16.6. The topological polar surface area (TPSA) is 35.5 Å². The van der Waals surface area contributed by atoms with Gasteiger partial charge in [-0.15, -0.1) is 0 Å². The zero-order valence-corrected chi connectivity index (χ0v) is 13.6. The minimum absolute atomic E-state index is 0.0822. The molecule has 0 fully saturated rings. The third-order valence-electron chi connectivity index (χ3n) is 3.02. The standard InChI is InChI=1S/C19H22O3/c1-14-5-7-15(8-6-14)16-9-11-17(12-10-16)21-13-18(20)22-19(2,3)4/h5-12H,13H2,1-4H3. The first-order chi connectivity index (χ1) is 10.3. The molecule has 2 aromatic carbocycles. The number of hydrogen-bond acceptors (Lipinski definition) is 3. The molecule has 0 aromatic heterocycles. The largest absolute Gasteiger partial charge is 0.482 e. The third-order valence-corrected chi connectivity index (χ3v) is 3.02. The van der Waals surface area contributed by atoms with Crippen LogP contribution in [0.1, 0.15) is 26.3 Å². The van der Waals surface area contributed by atoms with Gasteiger partial charge in [0.2, 0.25) is 0 Å². The molecule has 0 heterocycles. The van der Waals surface area contributed by atoms with Gasteiger partial charge in [0.25, 0.3) is 0 Å². The summed E-state index contributed by atoms with van der Waals surface area (Å²) in [4.78, 5) is 11.6. The number of esters is 1. The second kappa shape index (κ2) is 6.65. The van der Waals surface area contributed by atoms with Gasteiger partial charge in [-0.1, -0.05) is 42.0 Å². The van der Waals surface area contributed by atoms with Crippen molar-refractivity contribution in [3.63, 3.8) is 0 Å². The van der Waals surface area contributed by atoms with Gasteiger partial charge < -0.3 is 9.47 Å². The highest BCUT2D eigenvalue weighted by Crippen LogP contribution is 2.22. The Morgan fingerprint density at radius 1 is 0.909 bits per heavy atom. The minimum Gasteiger partial charge on any atom is -0.482 e. The molecule has 0 unspecified atom stereocenters. The predicted molar refractivity (Wildman–Crippen MR) is 88.0 cm³/mol. The molecular weight excluding hydrogens is 276 g/mol. The van der Waals surface area contributed by atoms with Gasteiger partial charge in [0, 0.05) is 0 Å². The Kier molecular flexibility index (Phi) is 4.86. The van der Waals surface area contributed by atoms with E-state index in [0.717, 1.165) is 11.1 Å². The highest BCUT2D eigenvalue weighted by Gasteiger charge is 2.16. The van der Waals surface area contributed by atoms with Gasteiger partial charge in [0.05, 0.1) is 0 Å². The first-order valence-corrected chi connectivity index (χ1v) is 7.35. The zero-order chi connectivity index (χ0) is 16.2. The smallest absolute Gasteiger partial charge is 0.344 e. The molecule has 0 bridgehead atoms. The van der Waals surface area contributed by atoms with E-state index in [1.807, 2.05) is 45.0 Å². The minimum atomic E-state index is -0.490. The van der Waals surface area contributed by atoms with Gasteiger partial charge in [0.15, 0.2) is 6.61 Å². The van der Waals surface area contributed by atoms with Crippen LogP contribution in [0.5, 0.6) is 5.75 Å². The van der Waals surface area contributed by atoms with E-state index >= 15 is 0 Å². The van der Waals surface area contributed by atoms with Crippen LogP contribution in [0.15, 0.2) is 48.5 Å². The third kappa shape index (κ3) is 4.92. The van der Waals surface area contributed by atoms with Crippen LogP contribution in [-0.2, 0) is 9.53 Å². The lowest BCUT2D eigenvalue weighted by molar-refractivity contribution is -0.157. The van der Waals surface area contributed by atoms with Crippen LogP contribution >= 0.6 is 0 Å². The lowest BCUT2D eigenvalue weighted by Gasteiger charge is -2.19. The quantitative estimate of drug-likeness (QED) is 0.786. The van der Waals surface area contributed by atoms with Crippen LogP contribution < -0.4 is 4.74 Å². The maximum atomic E-state index is 11.6. The fourth-order valence-corrected chi connectivity index (χ4v) is 2.00. The van der Waals surface area contributed by atoms with Crippen molar-refractivity contribution in [2.45, 2.75) is 33.3 Å². The van der Waals surface area contributed by atoms with Gasteiger partial charge in [-0.3, -0.25) is 0 Å². The summed E-state index contributed by atoms with van der Waals surface area (Å²) in [6.07, 6.45) is 0. The molecule has 0 spiro atoms. The summed E-state index contributed by atoms with van der Waals surface area (Å²) in [7, 11) is 0. The van der Waals surface area contributed by atoms with Crippen molar-refractivity contribution in [1.82, 2.24) is 0 Å². The Labute approximate surface area is 131 Å².